The van der Waals surface area contributed by atoms with Crippen LogP contribution in [0.15, 0.2) is 61.2 Å². The Morgan fingerprint density at radius 2 is 1.79 bits per heavy atom. The van der Waals surface area contributed by atoms with E-state index < -0.39 is 0 Å². The second-order valence-corrected chi connectivity index (χ2v) is 5.55. The first-order valence-corrected chi connectivity index (χ1v) is 7.57. The van der Waals surface area contributed by atoms with Crippen LogP contribution in [0.1, 0.15) is 0 Å². The first-order chi connectivity index (χ1) is 11.9. The van der Waals surface area contributed by atoms with Crippen LogP contribution in [0.5, 0.6) is 0 Å². The number of H-pyrrole nitrogens is 2. The standard InChI is InChI=1S/C18H12N6/c1-2-4-13-11(3-1)7-15(22-13)18-12-8-14(17-9-19-5-6-20-17)21-10-16(12)23-24-18/h1-10,22H,(H,23,24). The lowest BCUT2D eigenvalue weighted by Crippen LogP contribution is -1.88. The fraction of sp³-hybridized carbons (Fsp3) is 0. The average Bonchev–Trinajstić information content (AvgIpc) is 3.25. The Labute approximate surface area is 136 Å². The molecule has 0 aliphatic rings. The van der Waals surface area contributed by atoms with E-state index in [9.17, 15) is 0 Å². The molecule has 0 saturated carbocycles. The van der Waals surface area contributed by atoms with Crippen LogP contribution in [0, 0.1) is 0 Å². The monoisotopic (exact) mass is 312 g/mol. The van der Waals surface area contributed by atoms with Gasteiger partial charge in [0.15, 0.2) is 0 Å². The summed E-state index contributed by atoms with van der Waals surface area (Å²) in [4.78, 5) is 16.3. The van der Waals surface area contributed by atoms with Gasteiger partial charge in [0.2, 0.25) is 0 Å². The van der Waals surface area contributed by atoms with Gasteiger partial charge in [0.1, 0.15) is 11.4 Å². The predicted molar refractivity (Wildman–Crippen MR) is 92.2 cm³/mol. The molecule has 0 radical (unpaired) electrons. The number of benzene rings is 1. The van der Waals surface area contributed by atoms with Crippen molar-refractivity contribution in [2.45, 2.75) is 0 Å². The fourth-order valence-corrected chi connectivity index (χ4v) is 2.89. The van der Waals surface area contributed by atoms with E-state index in [1.165, 1.54) is 0 Å². The van der Waals surface area contributed by atoms with Crippen LogP contribution in [0.25, 0.3) is 44.6 Å². The van der Waals surface area contributed by atoms with Gasteiger partial charge in [-0.15, -0.1) is 0 Å². The third kappa shape index (κ3) is 1.97. The lowest BCUT2D eigenvalue weighted by molar-refractivity contribution is 1.11. The molecule has 0 aliphatic heterocycles. The van der Waals surface area contributed by atoms with Gasteiger partial charge < -0.3 is 4.98 Å². The zero-order valence-corrected chi connectivity index (χ0v) is 12.6. The Bertz CT molecular complexity index is 1120. The first-order valence-electron chi connectivity index (χ1n) is 7.57. The molecular formula is C18H12N6. The number of aromatic nitrogens is 6. The number of nitrogens with one attached hydrogen (secondary N) is 2. The minimum Gasteiger partial charge on any atom is -0.353 e. The van der Waals surface area contributed by atoms with E-state index >= 15 is 0 Å². The molecule has 5 aromatic rings. The molecule has 114 valence electrons. The highest BCUT2D eigenvalue weighted by molar-refractivity contribution is 5.96. The van der Waals surface area contributed by atoms with E-state index in [0.29, 0.717) is 0 Å². The van der Waals surface area contributed by atoms with Crippen molar-refractivity contribution in [3.8, 4) is 22.8 Å². The molecule has 6 heteroatoms. The SMILES string of the molecule is c1ccc2[nH]c(-c3n[nH]c4cnc(-c5cnccn5)cc34)cc2c1. The van der Waals surface area contributed by atoms with Crippen LogP contribution >= 0.6 is 0 Å². The van der Waals surface area contributed by atoms with Crippen molar-refractivity contribution < 1.29 is 0 Å². The van der Waals surface area contributed by atoms with Gasteiger partial charge >= 0.3 is 0 Å². The van der Waals surface area contributed by atoms with Crippen molar-refractivity contribution >= 4 is 21.8 Å². The van der Waals surface area contributed by atoms with E-state index in [2.05, 4.69) is 48.3 Å². The molecule has 0 spiro atoms. The van der Waals surface area contributed by atoms with Crippen molar-refractivity contribution in [3.05, 3.63) is 61.2 Å². The highest BCUT2D eigenvalue weighted by Crippen LogP contribution is 2.30. The molecule has 0 bridgehead atoms. The van der Waals surface area contributed by atoms with Crippen LogP contribution in [0.4, 0.5) is 0 Å². The molecule has 0 saturated heterocycles. The van der Waals surface area contributed by atoms with Gasteiger partial charge in [-0.3, -0.25) is 20.1 Å². The predicted octanol–water partition coefficient (Wildman–Crippen LogP) is 3.56. The molecule has 0 aliphatic carbocycles. The molecular weight excluding hydrogens is 300 g/mol. The van der Waals surface area contributed by atoms with E-state index in [-0.39, 0.29) is 0 Å². The summed E-state index contributed by atoms with van der Waals surface area (Å²) in [5, 5.41) is 9.66. The fourth-order valence-electron chi connectivity index (χ4n) is 2.89. The quantitative estimate of drug-likeness (QED) is 0.522. The van der Waals surface area contributed by atoms with Gasteiger partial charge in [-0.25, -0.2) is 0 Å². The second kappa shape index (κ2) is 4.99. The smallest absolute Gasteiger partial charge is 0.116 e. The topological polar surface area (TPSA) is 83.1 Å². The van der Waals surface area contributed by atoms with Crippen molar-refractivity contribution in [1.82, 2.24) is 30.1 Å². The summed E-state index contributed by atoms with van der Waals surface area (Å²) in [6.07, 6.45) is 6.79. The van der Waals surface area contributed by atoms with E-state index in [4.69, 9.17) is 0 Å². The van der Waals surface area contributed by atoms with Crippen molar-refractivity contribution in [3.63, 3.8) is 0 Å². The van der Waals surface area contributed by atoms with Crippen LogP contribution in [0.3, 0.4) is 0 Å². The highest BCUT2D eigenvalue weighted by Gasteiger charge is 2.13. The maximum absolute atomic E-state index is 4.46. The van der Waals surface area contributed by atoms with Crippen molar-refractivity contribution in [2.75, 3.05) is 0 Å². The van der Waals surface area contributed by atoms with Crippen molar-refractivity contribution in [2.24, 2.45) is 0 Å². The maximum Gasteiger partial charge on any atom is 0.116 e. The minimum atomic E-state index is 0.739. The van der Waals surface area contributed by atoms with Gasteiger partial charge in [0.25, 0.3) is 0 Å². The van der Waals surface area contributed by atoms with Crippen LogP contribution in [-0.2, 0) is 0 Å². The molecule has 2 N–H and O–H groups in total. The lowest BCUT2D eigenvalue weighted by atomic mass is 10.1. The zero-order chi connectivity index (χ0) is 15.9. The third-order valence-electron chi connectivity index (χ3n) is 4.06. The maximum atomic E-state index is 4.46. The Morgan fingerprint density at radius 3 is 2.67 bits per heavy atom. The summed E-state index contributed by atoms with van der Waals surface area (Å²) in [5.41, 5.74) is 5.33. The molecule has 0 atom stereocenters. The van der Waals surface area contributed by atoms with E-state index in [1.54, 1.807) is 24.8 Å². The number of nitrogens with zero attached hydrogens (tertiary/aromatic N) is 4. The summed E-state index contributed by atoms with van der Waals surface area (Å²) in [6.45, 7) is 0. The average molecular weight is 312 g/mol. The van der Waals surface area contributed by atoms with Gasteiger partial charge in [-0.1, -0.05) is 18.2 Å². The molecule has 4 aromatic heterocycles. The lowest BCUT2D eigenvalue weighted by Gasteiger charge is -1.99. The van der Waals surface area contributed by atoms with Gasteiger partial charge in [-0.2, -0.15) is 5.10 Å². The number of hydrogen-bond donors (Lipinski definition) is 2. The molecule has 0 fully saturated rings. The molecule has 6 nitrogen and oxygen atoms in total. The van der Waals surface area contributed by atoms with Crippen LogP contribution < -0.4 is 0 Å². The molecule has 5 rings (SSSR count). The van der Waals surface area contributed by atoms with E-state index in [1.807, 2.05) is 18.2 Å². The van der Waals surface area contributed by atoms with Crippen molar-refractivity contribution in [1.29, 1.82) is 0 Å². The Kier molecular flexibility index (Phi) is 2.69. The Balaban J connectivity index is 1.71. The third-order valence-corrected chi connectivity index (χ3v) is 4.06. The van der Waals surface area contributed by atoms with Crippen LogP contribution in [0.2, 0.25) is 0 Å². The minimum absolute atomic E-state index is 0.739. The molecule has 0 unspecified atom stereocenters. The largest absolute Gasteiger partial charge is 0.353 e. The summed E-state index contributed by atoms with van der Waals surface area (Å²) < 4.78 is 0. The normalized spacial score (nSPS) is 11.3. The molecule has 24 heavy (non-hydrogen) atoms. The summed E-state index contributed by atoms with van der Waals surface area (Å²) in [5.74, 6) is 0. The van der Waals surface area contributed by atoms with Gasteiger partial charge in [-0.05, 0) is 18.2 Å². The summed E-state index contributed by atoms with van der Waals surface area (Å²) >= 11 is 0. The molecule has 0 amide bonds. The number of para-hydroxylation sites is 1. The molecule has 4 heterocycles. The number of hydrogen-bond acceptors (Lipinski definition) is 4. The number of rotatable bonds is 2. The molecule has 1 aromatic carbocycles. The number of fused-ring (bicyclic) bond motifs is 2. The summed E-state index contributed by atoms with van der Waals surface area (Å²) in [6, 6.07) is 12.3. The zero-order valence-electron chi connectivity index (χ0n) is 12.6. The van der Waals surface area contributed by atoms with Gasteiger partial charge in [0, 0.05) is 28.7 Å². The number of aromatic amines is 2. The first kappa shape index (κ1) is 13.0. The van der Waals surface area contributed by atoms with Crippen LogP contribution in [-0.4, -0.2) is 30.1 Å². The van der Waals surface area contributed by atoms with Gasteiger partial charge in [0.05, 0.1) is 29.3 Å². The highest BCUT2D eigenvalue weighted by atomic mass is 15.1. The Morgan fingerprint density at radius 1 is 0.833 bits per heavy atom. The summed E-state index contributed by atoms with van der Waals surface area (Å²) in [7, 11) is 0. The van der Waals surface area contributed by atoms with E-state index in [0.717, 1.165) is 44.6 Å². The number of pyridine rings is 1. The Hall–Kier alpha value is -3.54. The second-order valence-electron chi connectivity index (χ2n) is 5.55.